The van der Waals surface area contributed by atoms with Crippen molar-refractivity contribution in [1.82, 2.24) is 5.32 Å². The number of hydrogen-bond donors (Lipinski definition) is 2. The van der Waals surface area contributed by atoms with E-state index in [1.807, 2.05) is 12.1 Å². The van der Waals surface area contributed by atoms with Crippen molar-refractivity contribution in [2.45, 2.75) is 25.4 Å². The van der Waals surface area contributed by atoms with Crippen LogP contribution in [0.1, 0.15) is 36.6 Å². The lowest BCUT2D eigenvalue weighted by molar-refractivity contribution is 0.415. The van der Waals surface area contributed by atoms with Gasteiger partial charge in [-0.15, -0.1) is 0 Å². The highest BCUT2D eigenvalue weighted by Gasteiger charge is 2.09. The van der Waals surface area contributed by atoms with Gasteiger partial charge in [-0.05, 0) is 72.1 Å². The van der Waals surface area contributed by atoms with E-state index in [9.17, 15) is 4.39 Å². The summed E-state index contributed by atoms with van der Waals surface area (Å²) in [6.45, 7) is 2.94. The Bertz CT molecular complexity index is 864. The number of hydrogen-bond acceptors (Lipinski definition) is 3. The number of benzene rings is 3. The summed E-state index contributed by atoms with van der Waals surface area (Å²) in [6, 6.07) is 19.1. The molecule has 4 heteroatoms. The molecule has 3 nitrogen and oxygen atoms in total. The minimum Gasteiger partial charge on any atom is -0.497 e. The van der Waals surface area contributed by atoms with Gasteiger partial charge < -0.3 is 15.8 Å². The first-order valence-corrected chi connectivity index (χ1v) is 8.89. The average Bonchev–Trinajstić information content (AvgIpc) is 2.67. The molecule has 0 saturated heterocycles. The fraction of sp³-hybridized carbons (Fsp3) is 0.273. The normalized spacial score (nSPS) is 13.5. The Morgan fingerprint density at radius 2 is 1.62 bits per heavy atom. The second-order valence-corrected chi connectivity index (χ2v) is 6.60. The molecule has 0 bridgehead atoms. The van der Waals surface area contributed by atoms with Gasteiger partial charge in [0.2, 0.25) is 0 Å². The van der Waals surface area contributed by atoms with Crippen LogP contribution in [0, 0.1) is 5.82 Å². The zero-order chi connectivity index (χ0) is 18.5. The van der Waals surface area contributed by atoms with Crippen LogP contribution in [0.3, 0.4) is 0 Å². The van der Waals surface area contributed by atoms with E-state index in [1.54, 1.807) is 19.2 Å². The molecule has 2 unspecified atom stereocenters. The standard InChI is InChI=1S/C22H25FN2O/c1-15(25-12-11-22(24)16-5-8-20(23)9-6-16)17-3-4-19-14-21(26-2)10-7-18(19)13-17/h3-10,13-15,22,25H,11-12,24H2,1-2H3. The molecule has 0 fully saturated rings. The van der Waals surface area contributed by atoms with Gasteiger partial charge in [-0.1, -0.05) is 30.3 Å². The first-order chi connectivity index (χ1) is 12.6. The van der Waals surface area contributed by atoms with E-state index in [-0.39, 0.29) is 17.9 Å². The van der Waals surface area contributed by atoms with Crippen LogP contribution in [-0.4, -0.2) is 13.7 Å². The van der Waals surface area contributed by atoms with Gasteiger partial charge in [0.05, 0.1) is 7.11 Å². The summed E-state index contributed by atoms with van der Waals surface area (Å²) in [7, 11) is 1.68. The maximum atomic E-state index is 13.0. The quantitative estimate of drug-likeness (QED) is 0.646. The topological polar surface area (TPSA) is 47.3 Å². The summed E-state index contributed by atoms with van der Waals surface area (Å²) in [5.74, 6) is 0.632. The van der Waals surface area contributed by atoms with Crippen molar-refractivity contribution in [1.29, 1.82) is 0 Å². The van der Waals surface area contributed by atoms with Crippen molar-refractivity contribution in [2.75, 3.05) is 13.7 Å². The monoisotopic (exact) mass is 352 g/mol. The number of halogens is 1. The molecular weight excluding hydrogens is 327 g/mol. The van der Waals surface area contributed by atoms with Crippen LogP contribution in [0.5, 0.6) is 5.75 Å². The number of methoxy groups -OCH3 is 1. The van der Waals surface area contributed by atoms with Crippen molar-refractivity contribution in [2.24, 2.45) is 5.73 Å². The van der Waals surface area contributed by atoms with Gasteiger partial charge in [0.1, 0.15) is 11.6 Å². The highest BCUT2D eigenvalue weighted by atomic mass is 19.1. The van der Waals surface area contributed by atoms with Gasteiger partial charge in [-0.25, -0.2) is 4.39 Å². The molecule has 0 aromatic heterocycles. The number of nitrogens with two attached hydrogens (primary N) is 1. The van der Waals surface area contributed by atoms with E-state index >= 15 is 0 Å². The lowest BCUT2D eigenvalue weighted by atomic mass is 10.0. The highest BCUT2D eigenvalue weighted by molar-refractivity contribution is 5.84. The van der Waals surface area contributed by atoms with Crippen molar-refractivity contribution < 1.29 is 9.13 Å². The molecule has 3 N–H and O–H groups in total. The van der Waals surface area contributed by atoms with E-state index in [4.69, 9.17) is 10.5 Å². The molecule has 0 spiro atoms. The molecule has 136 valence electrons. The molecule has 0 heterocycles. The van der Waals surface area contributed by atoms with E-state index in [0.29, 0.717) is 0 Å². The predicted octanol–water partition coefficient (Wildman–Crippen LogP) is 4.73. The fourth-order valence-corrected chi connectivity index (χ4v) is 3.09. The van der Waals surface area contributed by atoms with Crippen molar-refractivity contribution in [3.8, 4) is 5.75 Å². The minimum absolute atomic E-state index is 0.0978. The van der Waals surface area contributed by atoms with Gasteiger partial charge in [-0.2, -0.15) is 0 Å². The summed E-state index contributed by atoms with van der Waals surface area (Å²) in [5, 5.41) is 5.88. The summed E-state index contributed by atoms with van der Waals surface area (Å²) >= 11 is 0. The fourth-order valence-electron chi connectivity index (χ4n) is 3.09. The summed E-state index contributed by atoms with van der Waals surface area (Å²) in [6.07, 6.45) is 0.792. The third kappa shape index (κ3) is 4.40. The van der Waals surface area contributed by atoms with E-state index < -0.39 is 0 Å². The lowest BCUT2D eigenvalue weighted by Gasteiger charge is -2.17. The Morgan fingerprint density at radius 3 is 2.35 bits per heavy atom. The lowest BCUT2D eigenvalue weighted by Crippen LogP contribution is -2.23. The molecule has 0 aliphatic carbocycles. The number of ether oxygens (including phenoxy) is 1. The van der Waals surface area contributed by atoms with Crippen LogP contribution in [0.4, 0.5) is 4.39 Å². The van der Waals surface area contributed by atoms with Gasteiger partial charge >= 0.3 is 0 Å². The molecular formula is C22H25FN2O. The van der Waals surface area contributed by atoms with Crippen LogP contribution in [-0.2, 0) is 0 Å². The summed E-state index contributed by atoms with van der Waals surface area (Å²) in [4.78, 5) is 0. The second-order valence-electron chi connectivity index (χ2n) is 6.60. The van der Waals surface area contributed by atoms with E-state index in [1.165, 1.54) is 28.5 Å². The molecule has 0 aliphatic rings. The first kappa shape index (κ1) is 18.4. The Labute approximate surface area is 154 Å². The molecule has 3 aromatic rings. The predicted molar refractivity (Wildman–Crippen MR) is 105 cm³/mol. The van der Waals surface area contributed by atoms with Crippen molar-refractivity contribution in [3.05, 3.63) is 77.6 Å². The van der Waals surface area contributed by atoms with Crippen LogP contribution >= 0.6 is 0 Å². The molecule has 2 atom stereocenters. The van der Waals surface area contributed by atoms with Crippen LogP contribution < -0.4 is 15.8 Å². The number of fused-ring (bicyclic) bond motifs is 1. The average molecular weight is 352 g/mol. The maximum Gasteiger partial charge on any atom is 0.123 e. The zero-order valence-corrected chi connectivity index (χ0v) is 15.2. The molecule has 0 radical (unpaired) electrons. The second kappa shape index (κ2) is 8.30. The van der Waals surface area contributed by atoms with Crippen molar-refractivity contribution in [3.63, 3.8) is 0 Å². The van der Waals surface area contributed by atoms with Gasteiger partial charge in [-0.3, -0.25) is 0 Å². The molecule has 0 saturated carbocycles. The first-order valence-electron chi connectivity index (χ1n) is 8.89. The Morgan fingerprint density at radius 1 is 0.962 bits per heavy atom. The van der Waals surface area contributed by atoms with E-state index in [2.05, 4.69) is 36.5 Å². The Hall–Kier alpha value is -2.43. The Kier molecular flexibility index (Phi) is 5.86. The van der Waals surface area contributed by atoms with Crippen LogP contribution in [0.15, 0.2) is 60.7 Å². The summed E-state index contributed by atoms with van der Waals surface area (Å²) in [5.41, 5.74) is 8.39. The smallest absolute Gasteiger partial charge is 0.123 e. The molecule has 0 amide bonds. The molecule has 0 aliphatic heterocycles. The SMILES string of the molecule is COc1ccc2cc(C(C)NCCC(N)c3ccc(F)cc3)ccc2c1. The highest BCUT2D eigenvalue weighted by Crippen LogP contribution is 2.24. The van der Waals surface area contributed by atoms with E-state index in [0.717, 1.165) is 24.3 Å². The van der Waals surface area contributed by atoms with Crippen molar-refractivity contribution >= 4 is 10.8 Å². The Balaban J connectivity index is 1.58. The van der Waals surface area contributed by atoms with Gasteiger partial charge in [0.15, 0.2) is 0 Å². The van der Waals surface area contributed by atoms with Gasteiger partial charge in [0.25, 0.3) is 0 Å². The molecule has 3 rings (SSSR count). The number of nitrogens with one attached hydrogen (secondary N) is 1. The largest absolute Gasteiger partial charge is 0.497 e. The third-order valence-corrected chi connectivity index (χ3v) is 4.78. The zero-order valence-electron chi connectivity index (χ0n) is 15.2. The third-order valence-electron chi connectivity index (χ3n) is 4.78. The maximum absolute atomic E-state index is 13.0. The molecule has 3 aromatic carbocycles. The summed E-state index contributed by atoms with van der Waals surface area (Å²) < 4.78 is 18.3. The number of rotatable bonds is 7. The van der Waals surface area contributed by atoms with Crippen LogP contribution in [0.25, 0.3) is 10.8 Å². The molecule has 26 heavy (non-hydrogen) atoms. The van der Waals surface area contributed by atoms with Gasteiger partial charge in [0, 0.05) is 12.1 Å². The minimum atomic E-state index is -0.235. The van der Waals surface area contributed by atoms with Crippen LogP contribution in [0.2, 0.25) is 0 Å².